The maximum Gasteiger partial charge on any atom is 0.269 e. The molecule has 2 aromatic carbocycles. The van der Waals surface area contributed by atoms with Gasteiger partial charge in [0.25, 0.3) is 5.69 Å². The van der Waals surface area contributed by atoms with Crippen molar-refractivity contribution in [1.82, 2.24) is 9.38 Å². The normalized spacial score (nSPS) is 11.7. The molecule has 0 aliphatic carbocycles. The third-order valence-corrected chi connectivity index (χ3v) is 4.45. The van der Waals surface area contributed by atoms with Gasteiger partial charge < -0.3 is 0 Å². The van der Waals surface area contributed by atoms with Gasteiger partial charge in [-0.2, -0.15) is 0 Å². The van der Waals surface area contributed by atoms with E-state index in [0.717, 1.165) is 33.3 Å². The molecule has 0 N–H and O–H groups in total. The molecule has 0 fully saturated rings. The van der Waals surface area contributed by atoms with Crippen LogP contribution in [0.2, 0.25) is 0 Å². The van der Waals surface area contributed by atoms with Crippen LogP contribution in [0.25, 0.3) is 38.7 Å². The first kappa shape index (κ1) is 13.0. The summed E-state index contributed by atoms with van der Waals surface area (Å²) in [5.41, 5.74) is 4.86. The number of nitro benzene ring substituents is 1. The summed E-state index contributed by atoms with van der Waals surface area (Å²) in [4.78, 5) is 15.2. The molecular weight excluding hydrogens is 302 g/mol. The molecule has 24 heavy (non-hydrogen) atoms. The van der Waals surface area contributed by atoms with Crippen LogP contribution in [-0.2, 0) is 0 Å². The Labute approximate surface area is 136 Å². The van der Waals surface area contributed by atoms with E-state index in [1.807, 2.05) is 24.3 Å². The van der Waals surface area contributed by atoms with E-state index in [-0.39, 0.29) is 10.6 Å². The maximum absolute atomic E-state index is 10.9. The molecule has 0 spiro atoms. The van der Waals surface area contributed by atoms with Gasteiger partial charge in [-0.25, -0.2) is 4.98 Å². The molecule has 0 unspecified atom stereocenters. The van der Waals surface area contributed by atoms with Crippen LogP contribution in [0.5, 0.6) is 0 Å². The van der Waals surface area contributed by atoms with Crippen molar-refractivity contribution in [1.29, 1.82) is 0 Å². The lowest BCUT2D eigenvalue weighted by atomic mass is 10.1. The summed E-state index contributed by atoms with van der Waals surface area (Å²) in [6, 6.07) is 20.9. The second-order valence-corrected chi connectivity index (χ2v) is 5.76. The van der Waals surface area contributed by atoms with Crippen LogP contribution in [0.3, 0.4) is 0 Å². The van der Waals surface area contributed by atoms with Crippen molar-refractivity contribution in [2.45, 2.75) is 0 Å². The lowest BCUT2D eigenvalue weighted by molar-refractivity contribution is -0.384. The molecule has 0 aliphatic heterocycles. The van der Waals surface area contributed by atoms with Gasteiger partial charge in [0, 0.05) is 28.5 Å². The van der Waals surface area contributed by atoms with Gasteiger partial charge in [-0.05, 0) is 24.3 Å². The smallest absolute Gasteiger partial charge is 0.269 e. The van der Waals surface area contributed by atoms with Crippen molar-refractivity contribution in [2.24, 2.45) is 0 Å². The second-order valence-electron chi connectivity index (χ2n) is 5.76. The Morgan fingerprint density at radius 1 is 0.875 bits per heavy atom. The molecule has 3 aromatic heterocycles. The number of hydrogen-bond acceptors (Lipinski definition) is 3. The van der Waals surface area contributed by atoms with Crippen molar-refractivity contribution in [3.63, 3.8) is 0 Å². The summed E-state index contributed by atoms with van der Waals surface area (Å²) >= 11 is 0. The predicted octanol–water partition coefficient (Wildman–Crippen LogP) is 4.65. The molecular formula is C19H11N3O2. The number of fused-ring (bicyclic) bond motifs is 3. The van der Waals surface area contributed by atoms with Gasteiger partial charge in [-0.15, -0.1) is 0 Å². The number of nitro groups is 1. The highest BCUT2D eigenvalue weighted by atomic mass is 16.6. The molecule has 0 bridgehead atoms. The summed E-state index contributed by atoms with van der Waals surface area (Å²) in [5, 5.41) is 13.2. The number of pyridine rings is 1. The highest BCUT2D eigenvalue weighted by Crippen LogP contribution is 2.37. The first-order valence-corrected chi connectivity index (χ1v) is 7.60. The maximum atomic E-state index is 10.9. The lowest BCUT2D eigenvalue weighted by Gasteiger charge is -1.98. The Kier molecular flexibility index (Phi) is 2.45. The Bertz CT molecular complexity index is 1220. The quantitative estimate of drug-likeness (QED) is 0.352. The standard InChI is InChI=1S/C19H11N3O2/c23-22(24)13-10-8-12(9-11-13)18-19-15-5-2-1-4-14(15)16-6-3-7-17(20-18)21(16)19/h1-11H. The summed E-state index contributed by atoms with van der Waals surface area (Å²) in [5.74, 6) is 0. The minimum atomic E-state index is -0.389. The molecule has 5 nitrogen and oxygen atoms in total. The first-order chi connectivity index (χ1) is 11.7. The minimum Gasteiger partial charge on any atom is -0.292 e. The zero-order chi connectivity index (χ0) is 16.3. The lowest BCUT2D eigenvalue weighted by Crippen LogP contribution is -1.87. The average molecular weight is 313 g/mol. The van der Waals surface area contributed by atoms with Gasteiger partial charge in [0.2, 0.25) is 0 Å². The molecule has 5 rings (SSSR count). The van der Waals surface area contributed by atoms with Gasteiger partial charge in [0.15, 0.2) is 0 Å². The molecule has 0 saturated carbocycles. The molecule has 0 aliphatic rings. The minimum absolute atomic E-state index is 0.0834. The molecule has 0 atom stereocenters. The molecule has 5 aromatic rings. The van der Waals surface area contributed by atoms with E-state index < -0.39 is 0 Å². The van der Waals surface area contributed by atoms with Crippen LogP contribution in [0.15, 0.2) is 66.7 Å². The van der Waals surface area contributed by atoms with Gasteiger partial charge >= 0.3 is 0 Å². The van der Waals surface area contributed by atoms with Crippen molar-refractivity contribution < 1.29 is 4.92 Å². The van der Waals surface area contributed by atoms with E-state index >= 15 is 0 Å². The zero-order valence-corrected chi connectivity index (χ0v) is 12.5. The van der Waals surface area contributed by atoms with Gasteiger partial charge in [-0.3, -0.25) is 14.5 Å². The largest absolute Gasteiger partial charge is 0.292 e. The number of non-ortho nitro benzene ring substituents is 1. The van der Waals surface area contributed by atoms with Crippen LogP contribution in [0, 0.1) is 10.1 Å². The molecule has 0 saturated heterocycles. The number of benzene rings is 2. The predicted molar refractivity (Wildman–Crippen MR) is 93.5 cm³/mol. The number of aromatic nitrogens is 2. The number of nitrogens with zero attached hydrogens (tertiary/aromatic N) is 3. The third-order valence-electron chi connectivity index (χ3n) is 4.45. The molecule has 0 radical (unpaired) electrons. The Balaban J connectivity index is 1.89. The average Bonchev–Trinajstić information content (AvgIpc) is 3.16. The Morgan fingerprint density at radius 2 is 1.62 bits per heavy atom. The van der Waals surface area contributed by atoms with Gasteiger partial charge in [-0.1, -0.05) is 30.3 Å². The second kappa shape index (κ2) is 4.52. The fourth-order valence-electron chi connectivity index (χ4n) is 3.41. The van der Waals surface area contributed by atoms with E-state index in [2.05, 4.69) is 22.6 Å². The number of imidazole rings is 1. The van der Waals surface area contributed by atoms with E-state index in [4.69, 9.17) is 4.98 Å². The highest BCUT2D eigenvalue weighted by molar-refractivity contribution is 6.13. The van der Waals surface area contributed by atoms with E-state index in [9.17, 15) is 10.1 Å². The fraction of sp³-hybridized carbons (Fsp3) is 0. The topological polar surface area (TPSA) is 60.4 Å². The van der Waals surface area contributed by atoms with E-state index in [1.54, 1.807) is 12.1 Å². The molecule has 114 valence electrons. The number of rotatable bonds is 2. The summed E-state index contributed by atoms with van der Waals surface area (Å²) in [6.07, 6.45) is 0. The number of hydrogen-bond donors (Lipinski definition) is 0. The van der Waals surface area contributed by atoms with E-state index in [0.29, 0.717) is 0 Å². The summed E-state index contributed by atoms with van der Waals surface area (Å²) in [7, 11) is 0. The SMILES string of the molecule is O=[N+]([O-])c1ccc(-c2nc3cccc4c5ccccc5c2n34)cc1. The zero-order valence-electron chi connectivity index (χ0n) is 12.5. The van der Waals surface area contributed by atoms with Crippen molar-refractivity contribution >= 4 is 33.1 Å². The monoisotopic (exact) mass is 313 g/mol. The fourth-order valence-corrected chi connectivity index (χ4v) is 3.41. The molecule has 5 heteroatoms. The van der Waals surface area contributed by atoms with Crippen molar-refractivity contribution in [3.05, 3.63) is 76.8 Å². The van der Waals surface area contributed by atoms with Gasteiger partial charge in [0.05, 0.1) is 21.7 Å². The Hall–Kier alpha value is -3.47. The van der Waals surface area contributed by atoms with Crippen LogP contribution < -0.4 is 0 Å². The summed E-state index contributed by atoms with van der Waals surface area (Å²) < 4.78 is 2.15. The van der Waals surface area contributed by atoms with Gasteiger partial charge in [0.1, 0.15) is 5.65 Å². The molecule has 0 amide bonds. The molecule has 3 heterocycles. The van der Waals surface area contributed by atoms with Crippen molar-refractivity contribution in [2.75, 3.05) is 0 Å². The van der Waals surface area contributed by atoms with Crippen molar-refractivity contribution in [3.8, 4) is 11.3 Å². The van der Waals surface area contributed by atoms with Crippen LogP contribution in [0.1, 0.15) is 0 Å². The van der Waals surface area contributed by atoms with Crippen LogP contribution in [-0.4, -0.2) is 14.3 Å². The third kappa shape index (κ3) is 1.61. The Morgan fingerprint density at radius 3 is 2.38 bits per heavy atom. The summed E-state index contributed by atoms with van der Waals surface area (Å²) in [6.45, 7) is 0. The van der Waals surface area contributed by atoms with E-state index in [1.165, 1.54) is 17.5 Å². The van der Waals surface area contributed by atoms with Crippen LogP contribution >= 0.6 is 0 Å². The highest BCUT2D eigenvalue weighted by Gasteiger charge is 2.18. The van der Waals surface area contributed by atoms with Crippen LogP contribution in [0.4, 0.5) is 5.69 Å². The first-order valence-electron chi connectivity index (χ1n) is 7.60.